The maximum absolute atomic E-state index is 7.72. The first kappa shape index (κ1) is 11.0. The van der Waals surface area contributed by atoms with Crippen LogP contribution < -0.4 is 10.6 Å². The third-order valence-electron chi connectivity index (χ3n) is 1.64. The minimum Gasteiger partial charge on any atom is -0.375 e. The second-order valence-electron chi connectivity index (χ2n) is 3.72. The standard InChI is InChI=1S/C9H19N3/c1-9(2,3)7(10)6-8(11-4)12-5/h6,10-12H,1-5H3. The summed E-state index contributed by atoms with van der Waals surface area (Å²) in [6.45, 7) is 6.07. The average molecular weight is 169 g/mol. The number of hydrogen-bond acceptors (Lipinski definition) is 3. The molecule has 3 N–H and O–H groups in total. The molecular weight excluding hydrogens is 150 g/mol. The van der Waals surface area contributed by atoms with E-state index in [1.54, 1.807) is 6.08 Å². The molecule has 12 heavy (non-hydrogen) atoms. The summed E-state index contributed by atoms with van der Waals surface area (Å²) < 4.78 is 0. The highest BCUT2D eigenvalue weighted by Crippen LogP contribution is 2.15. The summed E-state index contributed by atoms with van der Waals surface area (Å²) in [5.41, 5.74) is 0.528. The number of nitrogens with one attached hydrogen (secondary N) is 3. The Morgan fingerprint density at radius 1 is 1.17 bits per heavy atom. The summed E-state index contributed by atoms with van der Waals surface area (Å²) in [7, 11) is 3.66. The van der Waals surface area contributed by atoms with Gasteiger partial charge in [-0.25, -0.2) is 0 Å². The smallest absolute Gasteiger partial charge is 0.0999 e. The van der Waals surface area contributed by atoms with Crippen LogP contribution in [0.4, 0.5) is 0 Å². The molecular formula is C9H19N3. The van der Waals surface area contributed by atoms with Crippen molar-refractivity contribution in [1.82, 2.24) is 10.6 Å². The molecule has 0 aromatic carbocycles. The Bertz CT molecular complexity index is 180. The van der Waals surface area contributed by atoms with E-state index in [1.165, 1.54) is 0 Å². The van der Waals surface area contributed by atoms with E-state index in [4.69, 9.17) is 5.41 Å². The normalized spacial score (nSPS) is 10.4. The van der Waals surface area contributed by atoms with Crippen LogP contribution >= 0.6 is 0 Å². The topological polar surface area (TPSA) is 47.9 Å². The first-order chi connectivity index (χ1) is 5.41. The third kappa shape index (κ3) is 3.42. The van der Waals surface area contributed by atoms with Crippen LogP contribution in [0.1, 0.15) is 20.8 Å². The van der Waals surface area contributed by atoms with Gasteiger partial charge < -0.3 is 16.0 Å². The average Bonchev–Trinajstić information content (AvgIpc) is 1.97. The van der Waals surface area contributed by atoms with E-state index in [0.717, 1.165) is 5.82 Å². The highest BCUT2D eigenvalue weighted by atomic mass is 15.0. The predicted molar refractivity (Wildman–Crippen MR) is 53.4 cm³/mol. The van der Waals surface area contributed by atoms with Crippen molar-refractivity contribution < 1.29 is 0 Å². The fourth-order valence-electron chi connectivity index (χ4n) is 0.630. The molecule has 0 aliphatic heterocycles. The first-order valence-corrected chi connectivity index (χ1v) is 4.08. The molecule has 0 aromatic rings. The Morgan fingerprint density at radius 3 is 1.83 bits per heavy atom. The van der Waals surface area contributed by atoms with Gasteiger partial charge in [0, 0.05) is 25.2 Å². The van der Waals surface area contributed by atoms with E-state index >= 15 is 0 Å². The van der Waals surface area contributed by atoms with Crippen molar-refractivity contribution >= 4 is 5.71 Å². The van der Waals surface area contributed by atoms with Gasteiger partial charge in [-0.05, 0) is 6.08 Å². The number of allylic oxidation sites excluding steroid dienone is 1. The van der Waals surface area contributed by atoms with Gasteiger partial charge in [0.1, 0.15) is 0 Å². The Morgan fingerprint density at radius 2 is 1.58 bits per heavy atom. The van der Waals surface area contributed by atoms with Gasteiger partial charge in [-0.2, -0.15) is 0 Å². The van der Waals surface area contributed by atoms with Gasteiger partial charge in [0.25, 0.3) is 0 Å². The quantitative estimate of drug-likeness (QED) is 0.558. The van der Waals surface area contributed by atoms with Gasteiger partial charge in [-0.15, -0.1) is 0 Å². The fourth-order valence-corrected chi connectivity index (χ4v) is 0.630. The van der Waals surface area contributed by atoms with E-state index < -0.39 is 0 Å². The lowest BCUT2D eigenvalue weighted by Crippen LogP contribution is -2.24. The van der Waals surface area contributed by atoms with E-state index in [0.29, 0.717) is 5.71 Å². The van der Waals surface area contributed by atoms with Crippen LogP contribution in [0.15, 0.2) is 11.9 Å². The number of rotatable bonds is 3. The van der Waals surface area contributed by atoms with Crippen molar-refractivity contribution in [3.63, 3.8) is 0 Å². The molecule has 0 fully saturated rings. The maximum atomic E-state index is 7.72. The molecule has 0 aliphatic rings. The van der Waals surface area contributed by atoms with Crippen molar-refractivity contribution in [2.24, 2.45) is 5.41 Å². The Labute approximate surface area is 74.8 Å². The van der Waals surface area contributed by atoms with Crippen molar-refractivity contribution in [2.45, 2.75) is 20.8 Å². The molecule has 0 heterocycles. The lowest BCUT2D eigenvalue weighted by molar-refractivity contribution is 0.589. The SMILES string of the molecule is CNC(=CC(=N)C(C)(C)C)NC. The second-order valence-corrected chi connectivity index (χ2v) is 3.72. The van der Waals surface area contributed by atoms with Gasteiger partial charge in [-0.1, -0.05) is 20.8 Å². The largest absolute Gasteiger partial charge is 0.375 e. The van der Waals surface area contributed by atoms with Crippen LogP contribution in [-0.4, -0.2) is 19.8 Å². The zero-order valence-electron chi connectivity index (χ0n) is 8.58. The summed E-state index contributed by atoms with van der Waals surface area (Å²) in [4.78, 5) is 0. The molecule has 0 bridgehead atoms. The molecule has 0 aliphatic carbocycles. The van der Waals surface area contributed by atoms with Crippen LogP contribution in [0.5, 0.6) is 0 Å². The molecule has 3 nitrogen and oxygen atoms in total. The van der Waals surface area contributed by atoms with Gasteiger partial charge in [0.05, 0.1) is 5.82 Å². The van der Waals surface area contributed by atoms with Crippen LogP contribution in [-0.2, 0) is 0 Å². The van der Waals surface area contributed by atoms with Gasteiger partial charge in [0.2, 0.25) is 0 Å². The maximum Gasteiger partial charge on any atom is 0.0999 e. The van der Waals surface area contributed by atoms with Crippen molar-refractivity contribution in [3.8, 4) is 0 Å². The minimum atomic E-state index is -0.0844. The molecule has 0 amide bonds. The zero-order valence-corrected chi connectivity index (χ0v) is 8.58. The second kappa shape index (κ2) is 4.14. The van der Waals surface area contributed by atoms with Crippen molar-refractivity contribution in [2.75, 3.05) is 14.1 Å². The molecule has 70 valence electrons. The number of hydrogen-bond donors (Lipinski definition) is 3. The molecule has 0 aromatic heterocycles. The van der Waals surface area contributed by atoms with Crippen LogP contribution in [0, 0.1) is 10.8 Å². The van der Waals surface area contributed by atoms with Crippen molar-refractivity contribution in [1.29, 1.82) is 5.41 Å². The molecule has 0 saturated carbocycles. The van der Waals surface area contributed by atoms with E-state index in [9.17, 15) is 0 Å². The van der Waals surface area contributed by atoms with Gasteiger partial charge in [-0.3, -0.25) is 0 Å². The molecule has 0 saturated heterocycles. The fraction of sp³-hybridized carbons (Fsp3) is 0.667. The predicted octanol–water partition coefficient (Wildman–Crippen LogP) is 1.33. The summed E-state index contributed by atoms with van der Waals surface area (Å²) >= 11 is 0. The summed E-state index contributed by atoms with van der Waals surface area (Å²) in [6.07, 6.45) is 1.81. The lowest BCUT2D eigenvalue weighted by Gasteiger charge is -2.18. The zero-order chi connectivity index (χ0) is 9.78. The van der Waals surface area contributed by atoms with Crippen LogP contribution in [0.25, 0.3) is 0 Å². The third-order valence-corrected chi connectivity index (χ3v) is 1.64. The summed E-state index contributed by atoms with van der Waals surface area (Å²) in [5, 5.41) is 13.6. The highest BCUT2D eigenvalue weighted by molar-refractivity contribution is 5.96. The monoisotopic (exact) mass is 169 g/mol. The Kier molecular flexibility index (Phi) is 3.80. The lowest BCUT2D eigenvalue weighted by atomic mass is 9.90. The Hall–Kier alpha value is -0.990. The molecule has 3 heteroatoms. The minimum absolute atomic E-state index is 0.0844. The summed E-state index contributed by atoms with van der Waals surface area (Å²) in [5.74, 6) is 0.870. The van der Waals surface area contributed by atoms with Gasteiger partial charge >= 0.3 is 0 Å². The molecule has 0 spiro atoms. The van der Waals surface area contributed by atoms with Gasteiger partial charge in [0.15, 0.2) is 0 Å². The van der Waals surface area contributed by atoms with Crippen molar-refractivity contribution in [3.05, 3.63) is 11.9 Å². The van der Waals surface area contributed by atoms with E-state index in [2.05, 4.69) is 10.6 Å². The molecule has 0 rings (SSSR count). The summed E-state index contributed by atoms with van der Waals surface area (Å²) in [6, 6.07) is 0. The molecule has 0 unspecified atom stereocenters. The molecule has 0 radical (unpaired) electrons. The van der Waals surface area contributed by atoms with E-state index in [1.807, 2.05) is 34.9 Å². The molecule has 0 atom stereocenters. The van der Waals surface area contributed by atoms with E-state index in [-0.39, 0.29) is 5.41 Å². The first-order valence-electron chi connectivity index (χ1n) is 4.08. The van der Waals surface area contributed by atoms with Crippen LogP contribution in [0.2, 0.25) is 0 Å². The van der Waals surface area contributed by atoms with Crippen LogP contribution in [0.3, 0.4) is 0 Å². The Balaban J connectivity index is 4.42. The highest BCUT2D eigenvalue weighted by Gasteiger charge is 2.15.